The Bertz CT molecular complexity index is 1380. The summed E-state index contributed by atoms with van der Waals surface area (Å²) in [7, 11) is 0. The van der Waals surface area contributed by atoms with Crippen LogP contribution < -0.4 is 22.9 Å². The van der Waals surface area contributed by atoms with Crippen LogP contribution in [0.15, 0.2) is 42.5 Å². The van der Waals surface area contributed by atoms with Crippen LogP contribution in [0.5, 0.6) is 0 Å². The van der Waals surface area contributed by atoms with Crippen molar-refractivity contribution in [1.82, 2.24) is 19.1 Å². The van der Waals surface area contributed by atoms with Gasteiger partial charge in [0.1, 0.15) is 0 Å². The molecule has 0 atom stereocenters. The van der Waals surface area contributed by atoms with Crippen LogP contribution in [0.1, 0.15) is 40.1 Å². The molecule has 10 heteroatoms. The van der Waals surface area contributed by atoms with Crippen LogP contribution in [0.25, 0.3) is 22.1 Å². The molecule has 0 radical (unpaired) electrons. The third-order valence-electron chi connectivity index (χ3n) is 5.15. The molecule has 0 aliphatic rings. The van der Waals surface area contributed by atoms with E-state index in [1.165, 1.54) is 0 Å². The van der Waals surface area contributed by atoms with Gasteiger partial charge in [-0.3, -0.25) is 9.59 Å². The second kappa shape index (κ2) is 9.43. The van der Waals surface area contributed by atoms with E-state index in [2.05, 4.69) is 9.97 Å². The number of aromatic nitrogens is 4. The minimum atomic E-state index is -0.515. The Kier molecular flexibility index (Phi) is 6.67. The van der Waals surface area contributed by atoms with Gasteiger partial charge in [-0.2, -0.15) is 0 Å². The van der Waals surface area contributed by atoms with Crippen LogP contribution in [-0.2, 0) is 13.1 Å². The summed E-state index contributed by atoms with van der Waals surface area (Å²) in [4.78, 5) is 31.5. The highest BCUT2D eigenvalue weighted by Gasteiger charge is 2.13. The highest BCUT2D eigenvalue weighted by molar-refractivity contribution is 5.98. The molecule has 8 N–H and O–H groups in total. The van der Waals surface area contributed by atoms with Crippen molar-refractivity contribution in [3.63, 3.8) is 0 Å². The van der Waals surface area contributed by atoms with Gasteiger partial charge in [0.25, 0.3) is 0 Å². The molecule has 172 valence electrons. The average Bonchev–Trinajstić information content (AvgIpc) is 3.27. The Balaban J connectivity index is 0.00000149. The first-order chi connectivity index (χ1) is 15.8. The van der Waals surface area contributed by atoms with Crippen molar-refractivity contribution in [3.8, 4) is 0 Å². The number of anilines is 2. The lowest BCUT2D eigenvalue weighted by Crippen LogP contribution is -2.11. The lowest BCUT2D eigenvalue weighted by Gasteiger charge is -2.07. The molecule has 0 unspecified atom stereocenters. The van der Waals surface area contributed by atoms with Gasteiger partial charge in [-0.1, -0.05) is 26.0 Å². The van der Waals surface area contributed by atoms with E-state index in [4.69, 9.17) is 22.9 Å². The minimum Gasteiger partial charge on any atom is -0.369 e. The largest absolute Gasteiger partial charge is 0.369 e. The lowest BCUT2D eigenvalue weighted by atomic mass is 10.1. The highest BCUT2D eigenvalue weighted by atomic mass is 16.1. The number of nitrogen functional groups attached to an aromatic ring is 2. The number of nitrogens with zero attached hydrogens (tertiary/aromatic N) is 4. The number of hydrogen-bond donors (Lipinski definition) is 4. The molecular formula is C23H28N8O2. The molecule has 10 nitrogen and oxygen atoms in total. The first-order valence-corrected chi connectivity index (χ1v) is 10.5. The minimum absolute atomic E-state index is 0.337. The van der Waals surface area contributed by atoms with E-state index < -0.39 is 11.8 Å². The maximum atomic E-state index is 11.5. The predicted octanol–water partition coefficient (Wildman–Crippen LogP) is 2.34. The zero-order valence-corrected chi connectivity index (χ0v) is 18.9. The zero-order chi connectivity index (χ0) is 24.3. The van der Waals surface area contributed by atoms with Gasteiger partial charge in [0.2, 0.25) is 23.7 Å². The Morgan fingerprint density at radius 1 is 0.848 bits per heavy atom. The van der Waals surface area contributed by atoms with E-state index in [0.717, 1.165) is 16.6 Å². The SMILES string of the molecule is CC.Cc1cc(C(N)=O)cc2nc(N)n(C/C=C/Cn3c(N)nc4cc(C(N)=O)ccc43)c12. The maximum Gasteiger partial charge on any atom is 0.248 e. The van der Waals surface area contributed by atoms with Crippen LogP contribution in [0.3, 0.4) is 0 Å². The number of hydrogen-bond acceptors (Lipinski definition) is 6. The lowest BCUT2D eigenvalue weighted by molar-refractivity contribution is 0.0992. The number of primary amides is 2. The number of imidazole rings is 2. The summed E-state index contributed by atoms with van der Waals surface area (Å²) in [5, 5.41) is 0. The Labute approximate surface area is 190 Å². The molecule has 0 bridgehead atoms. The maximum absolute atomic E-state index is 11.5. The predicted molar refractivity (Wildman–Crippen MR) is 131 cm³/mol. The zero-order valence-electron chi connectivity index (χ0n) is 18.9. The van der Waals surface area contributed by atoms with Crippen LogP contribution in [0.2, 0.25) is 0 Å². The number of carbonyl (C=O) groups excluding carboxylic acids is 2. The topological polar surface area (TPSA) is 174 Å². The fourth-order valence-electron chi connectivity index (χ4n) is 3.68. The summed E-state index contributed by atoms with van der Waals surface area (Å²) in [5.74, 6) is -0.343. The van der Waals surface area contributed by atoms with E-state index in [-0.39, 0.29) is 0 Å². The van der Waals surface area contributed by atoms with Crippen LogP contribution in [0.4, 0.5) is 11.9 Å². The van der Waals surface area contributed by atoms with Crippen LogP contribution >= 0.6 is 0 Å². The second-order valence-electron chi connectivity index (χ2n) is 7.23. The van der Waals surface area contributed by atoms with Crippen molar-refractivity contribution in [2.45, 2.75) is 33.9 Å². The molecule has 0 aliphatic carbocycles. The second-order valence-corrected chi connectivity index (χ2v) is 7.23. The number of aryl methyl sites for hydroxylation is 1. The Morgan fingerprint density at radius 3 is 2.03 bits per heavy atom. The normalized spacial score (nSPS) is 11.1. The van der Waals surface area contributed by atoms with E-state index in [1.807, 2.05) is 42.1 Å². The van der Waals surface area contributed by atoms with Crippen LogP contribution in [-0.4, -0.2) is 30.9 Å². The number of amides is 2. The fourth-order valence-corrected chi connectivity index (χ4v) is 3.68. The molecular weight excluding hydrogens is 420 g/mol. The van der Waals surface area contributed by atoms with Gasteiger partial charge in [-0.15, -0.1) is 0 Å². The molecule has 2 amide bonds. The van der Waals surface area contributed by atoms with Gasteiger partial charge in [-0.05, 0) is 42.8 Å². The summed E-state index contributed by atoms with van der Waals surface area (Å²) in [5.41, 5.74) is 27.3. The molecule has 2 heterocycles. The van der Waals surface area contributed by atoms with Crippen molar-refractivity contribution in [1.29, 1.82) is 0 Å². The fraction of sp³-hybridized carbons (Fsp3) is 0.217. The summed E-state index contributed by atoms with van der Waals surface area (Å²) >= 11 is 0. The van der Waals surface area contributed by atoms with Gasteiger partial charge in [-0.25, -0.2) is 9.97 Å². The summed E-state index contributed by atoms with van der Waals surface area (Å²) in [6.45, 7) is 6.85. The Morgan fingerprint density at radius 2 is 1.39 bits per heavy atom. The molecule has 4 aromatic rings. The first-order valence-electron chi connectivity index (χ1n) is 10.5. The quantitative estimate of drug-likeness (QED) is 0.329. The molecule has 0 saturated carbocycles. The molecule has 2 aromatic heterocycles. The number of allylic oxidation sites excluding steroid dienone is 2. The van der Waals surface area contributed by atoms with Gasteiger partial charge in [0, 0.05) is 24.2 Å². The average molecular weight is 449 g/mol. The van der Waals surface area contributed by atoms with Gasteiger partial charge in [0.15, 0.2) is 0 Å². The molecule has 0 spiro atoms. The molecule has 0 saturated heterocycles. The summed E-state index contributed by atoms with van der Waals surface area (Å²) in [6.07, 6.45) is 3.89. The van der Waals surface area contributed by atoms with Gasteiger partial charge < -0.3 is 32.1 Å². The van der Waals surface area contributed by atoms with E-state index in [9.17, 15) is 9.59 Å². The number of rotatable bonds is 6. The van der Waals surface area contributed by atoms with Crippen molar-refractivity contribution < 1.29 is 9.59 Å². The monoisotopic (exact) mass is 448 g/mol. The summed E-state index contributed by atoms with van der Waals surface area (Å²) < 4.78 is 3.69. The van der Waals surface area contributed by atoms with Crippen molar-refractivity contribution >= 4 is 45.8 Å². The number of benzene rings is 2. The Hall–Kier alpha value is -4.34. The number of carbonyl (C=O) groups is 2. The molecule has 33 heavy (non-hydrogen) atoms. The standard InChI is InChI=1S/C21H22N8O2.C2H6/c1-11-8-13(19(23)31)10-15-17(11)29(21(25)27-15)7-3-2-6-28-16-5-4-12(18(22)30)9-14(16)26-20(28)24;1-2/h2-5,8-10H,6-7H2,1H3,(H2,22,30)(H2,23,31)(H2,24,26)(H2,25,27);1-2H3/b3-2+;. The molecule has 0 aliphatic heterocycles. The van der Waals surface area contributed by atoms with Crippen molar-refractivity contribution in [2.24, 2.45) is 11.5 Å². The van der Waals surface area contributed by atoms with Crippen molar-refractivity contribution in [3.05, 3.63) is 59.2 Å². The third kappa shape index (κ3) is 4.49. The van der Waals surface area contributed by atoms with E-state index in [1.54, 1.807) is 30.3 Å². The molecule has 0 fully saturated rings. The molecule has 2 aromatic carbocycles. The molecule has 4 rings (SSSR count). The summed E-state index contributed by atoms with van der Waals surface area (Å²) in [6, 6.07) is 8.40. The third-order valence-corrected chi connectivity index (χ3v) is 5.15. The van der Waals surface area contributed by atoms with E-state index in [0.29, 0.717) is 47.1 Å². The van der Waals surface area contributed by atoms with Crippen LogP contribution in [0, 0.1) is 6.92 Å². The number of nitrogens with two attached hydrogens (primary N) is 4. The first kappa shape index (κ1) is 23.3. The highest BCUT2D eigenvalue weighted by Crippen LogP contribution is 2.24. The van der Waals surface area contributed by atoms with Gasteiger partial charge in [0.05, 0.1) is 22.1 Å². The van der Waals surface area contributed by atoms with Crippen molar-refractivity contribution in [2.75, 3.05) is 11.5 Å². The smallest absolute Gasteiger partial charge is 0.248 e. The van der Waals surface area contributed by atoms with Gasteiger partial charge >= 0.3 is 0 Å². The number of fused-ring (bicyclic) bond motifs is 2. The van der Waals surface area contributed by atoms with E-state index >= 15 is 0 Å².